The minimum absolute atomic E-state index is 0.0440. The Bertz CT molecular complexity index is 853. The third-order valence-electron chi connectivity index (χ3n) is 4.36. The molecule has 0 atom stereocenters. The van der Waals surface area contributed by atoms with Crippen molar-refractivity contribution in [3.63, 3.8) is 0 Å². The van der Waals surface area contributed by atoms with E-state index in [1.807, 2.05) is 4.90 Å². The maximum atomic E-state index is 12.3. The molecule has 0 unspecified atom stereocenters. The van der Waals surface area contributed by atoms with Crippen LogP contribution in [-0.4, -0.2) is 48.8 Å². The lowest BCUT2D eigenvalue weighted by molar-refractivity contribution is -0.128. The first kappa shape index (κ1) is 18.3. The van der Waals surface area contributed by atoms with E-state index in [1.54, 1.807) is 13.0 Å². The molecule has 1 fully saturated rings. The van der Waals surface area contributed by atoms with Gasteiger partial charge in [0.25, 0.3) is 5.22 Å². The highest BCUT2D eigenvalue weighted by molar-refractivity contribution is 7.99. The fourth-order valence-corrected chi connectivity index (χ4v) is 4.48. The van der Waals surface area contributed by atoms with Crippen LogP contribution in [0.15, 0.2) is 32.7 Å². The molecule has 1 aliphatic heterocycles. The molecule has 1 saturated heterocycles. The molecule has 0 N–H and O–H groups in total. The Morgan fingerprint density at radius 3 is 2.64 bits per heavy atom. The van der Waals surface area contributed by atoms with Crippen molar-refractivity contribution in [2.45, 2.75) is 42.7 Å². The number of oxazole rings is 1. The van der Waals surface area contributed by atoms with Crippen molar-refractivity contribution >= 4 is 38.6 Å². The Labute approximate surface area is 151 Å². The minimum Gasteiger partial charge on any atom is -0.431 e. The SMILES string of the molecule is CCS(=O)(=O)c1ccc2oc(SCC(=O)N3CCCCCC3)nc2c1. The monoisotopic (exact) mass is 382 g/mol. The summed E-state index contributed by atoms with van der Waals surface area (Å²) in [5.41, 5.74) is 1.03. The third kappa shape index (κ3) is 4.36. The van der Waals surface area contributed by atoms with Gasteiger partial charge in [-0.2, -0.15) is 0 Å². The maximum absolute atomic E-state index is 12.3. The number of hydrogen-bond donors (Lipinski definition) is 0. The van der Waals surface area contributed by atoms with Gasteiger partial charge in [-0.05, 0) is 31.0 Å². The highest BCUT2D eigenvalue weighted by atomic mass is 32.2. The predicted molar refractivity (Wildman–Crippen MR) is 97.5 cm³/mol. The van der Waals surface area contributed by atoms with Crippen LogP contribution in [-0.2, 0) is 14.6 Å². The lowest BCUT2D eigenvalue weighted by atomic mass is 10.2. The van der Waals surface area contributed by atoms with Gasteiger partial charge >= 0.3 is 0 Å². The summed E-state index contributed by atoms with van der Waals surface area (Å²) in [4.78, 5) is 18.8. The summed E-state index contributed by atoms with van der Waals surface area (Å²) in [5.74, 6) is 0.429. The molecular formula is C17H22N2O4S2. The molecule has 25 heavy (non-hydrogen) atoms. The number of likely N-dealkylation sites (tertiary alicyclic amines) is 1. The lowest BCUT2D eigenvalue weighted by Gasteiger charge is -2.19. The van der Waals surface area contributed by atoms with Crippen molar-refractivity contribution in [2.24, 2.45) is 0 Å². The van der Waals surface area contributed by atoms with Gasteiger partial charge in [-0.3, -0.25) is 4.79 Å². The quantitative estimate of drug-likeness (QED) is 0.739. The van der Waals surface area contributed by atoms with Crippen LogP contribution in [0.5, 0.6) is 0 Å². The van der Waals surface area contributed by atoms with Gasteiger partial charge in [0.15, 0.2) is 15.4 Å². The Hall–Kier alpha value is -1.54. The first-order valence-electron chi connectivity index (χ1n) is 8.53. The van der Waals surface area contributed by atoms with E-state index in [-0.39, 0.29) is 22.3 Å². The van der Waals surface area contributed by atoms with Crippen molar-refractivity contribution in [1.82, 2.24) is 9.88 Å². The van der Waals surface area contributed by atoms with Crippen LogP contribution in [0.2, 0.25) is 0 Å². The summed E-state index contributed by atoms with van der Waals surface area (Å²) in [6.07, 6.45) is 4.50. The van der Waals surface area contributed by atoms with Gasteiger partial charge in [0.1, 0.15) is 5.52 Å². The number of sulfone groups is 1. The molecule has 0 spiro atoms. The number of carbonyl (C=O) groups is 1. The second-order valence-electron chi connectivity index (χ2n) is 6.10. The van der Waals surface area contributed by atoms with E-state index in [9.17, 15) is 13.2 Å². The number of thioether (sulfide) groups is 1. The molecule has 8 heteroatoms. The van der Waals surface area contributed by atoms with Gasteiger partial charge in [0, 0.05) is 13.1 Å². The van der Waals surface area contributed by atoms with Gasteiger partial charge < -0.3 is 9.32 Å². The van der Waals surface area contributed by atoms with Gasteiger partial charge in [-0.25, -0.2) is 13.4 Å². The maximum Gasteiger partial charge on any atom is 0.257 e. The second-order valence-corrected chi connectivity index (χ2v) is 9.30. The summed E-state index contributed by atoms with van der Waals surface area (Å²) in [6.45, 7) is 3.26. The number of rotatable bonds is 5. The summed E-state index contributed by atoms with van der Waals surface area (Å²) < 4.78 is 29.5. The predicted octanol–water partition coefficient (Wildman–Crippen LogP) is 3.12. The number of nitrogens with zero attached hydrogens (tertiary/aromatic N) is 2. The first-order chi connectivity index (χ1) is 12.0. The van der Waals surface area contributed by atoms with E-state index in [2.05, 4.69) is 4.98 Å². The van der Waals surface area contributed by atoms with Crippen LogP contribution in [0.4, 0.5) is 0 Å². The normalized spacial score (nSPS) is 16.1. The summed E-state index contributed by atoms with van der Waals surface area (Å²) >= 11 is 1.26. The van der Waals surface area contributed by atoms with Crippen LogP contribution in [0.3, 0.4) is 0 Å². The molecule has 0 radical (unpaired) electrons. The average molecular weight is 383 g/mol. The zero-order valence-corrected chi connectivity index (χ0v) is 15.9. The van der Waals surface area contributed by atoms with Crippen LogP contribution >= 0.6 is 11.8 Å². The number of amides is 1. The van der Waals surface area contributed by atoms with Gasteiger partial charge in [0.05, 0.1) is 16.4 Å². The Morgan fingerprint density at radius 2 is 1.96 bits per heavy atom. The van der Waals surface area contributed by atoms with E-state index >= 15 is 0 Å². The van der Waals surface area contributed by atoms with E-state index in [0.717, 1.165) is 25.9 Å². The molecule has 2 heterocycles. The van der Waals surface area contributed by atoms with Crippen molar-refractivity contribution in [2.75, 3.05) is 24.6 Å². The Morgan fingerprint density at radius 1 is 1.24 bits per heavy atom. The number of hydrogen-bond acceptors (Lipinski definition) is 6. The summed E-state index contributed by atoms with van der Waals surface area (Å²) in [6, 6.07) is 4.67. The minimum atomic E-state index is -3.27. The fourth-order valence-electron chi connectivity index (χ4n) is 2.84. The van der Waals surface area contributed by atoms with Crippen molar-refractivity contribution in [3.8, 4) is 0 Å². The molecule has 1 amide bonds. The molecule has 0 bridgehead atoms. The molecule has 1 aromatic heterocycles. The van der Waals surface area contributed by atoms with Crippen molar-refractivity contribution < 1.29 is 17.6 Å². The lowest BCUT2D eigenvalue weighted by Crippen LogP contribution is -2.33. The van der Waals surface area contributed by atoms with Crippen LogP contribution in [0.25, 0.3) is 11.1 Å². The molecule has 6 nitrogen and oxygen atoms in total. The average Bonchev–Trinajstić information content (AvgIpc) is 2.82. The van der Waals surface area contributed by atoms with E-state index in [4.69, 9.17) is 4.42 Å². The zero-order valence-electron chi connectivity index (χ0n) is 14.2. The first-order valence-corrected chi connectivity index (χ1v) is 11.2. The Kier molecular flexibility index (Phi) is 5.68. The van der Waals surface area contributed by atoms with Gasteiger partial charge in [-0.1, -0.05) is 31.5 Å². The molecule has 2 aromatic rings. The molecule has 1 aliphatic rings. The second kappa shape index (κ2) is 7.78. The number of carbonyl (C=O) groups excluding carboxylic acids is 1. The largest absolute Gasteiger partial charge is 0.431 e. The van der Waals surface area contributed by atoms with Crippen LogP contribution in [0, 0.1) is 0 Å². The highest BCUT2D eigenvalue weighted by Gasteiger charge is 2.18. The molecular weight excluding hydrogens is 360 g/mol. The van der Waals surface area contributed by atoms with Crippen LogP contribution < -0.4 is 0 Å². The zero-order chi connectivity index (χ0) is 17.9. The van der Waals surface area contributed by atoms with Gasteiger partial charge in [0.2, 0.25) is 5.91 Å². The third-order valence-corrected chi connectivity index (χ3v) is 6.90. The standard InChI is InChI=1S/C17H22N2O4S2/c1-2-25(21,22)13-7-8-15-14(11-13)18-17(23-15)24-12-16(20)19-9-5-3-4-6-10-19/h7-8,11H,2-6,9-10,12H2,1H3. The van der Waals surface area contributed by atoms with Gasteiger partial charge in [-0.15, -0.1) is 0 Å². The van der Waals surface area contributed by atoms with Crippen LogP contribution in [0.1, 0.15) is 32.6 Å². The number of fused-ring (bicyclic) bond motifs is 1. The highest BCUT2D eigenvalue weighted by Crippen LogP contribution is 2.26. The summed E-state index contributed by atoms with van der Waals surface area (Å²) in [7, 11) is -3.27. The smallest absolute Gasteiger partial charge is 0.257 e. The van der Waals surface area contributed by atoms with E-state index in [0.29, 0.717) is 16.3 Å². The Balaban J connectivity index is 1.68. The molecule has 3 rings (SSSR count). The number of benzene rings is 1. The fraction of sp³-hybridized carbons (Fsp3) is 0.529. The van der Waals surface area contributed by atoms with Crippen molar-refractivity contribution in [1.29, 1.82) is 0 Å². The molecule has 136 valence electrons. The molecule has 1 aromatic carbocycles. The number of aromatic nitrogens is 1. The molecule has 0 saturated carbocycles. The van der Waals surface area contributed by atoms with E-state index < -0.39 is 9.84 Å². The topological polar surface area (TPSA) is 80.5 Å². The summed E-state index contributed by atoms with van der Waals surface area (Å²) in [5, 5.41) is 0.393. The van der Waals surface area contributed by atoms with Crippen molar-refractivity contribution in [3.05, 3.63) is 18.2 Å². The van der Waals surface area contributed by atoms with E-state index in [1.165, 1.54) is 36.7 Å². The molecule has 0 aliphatic carbocycles.